The minimum absolute atomic E-state index is 0.154. The lowest BCUT2D eigenvalue weighted by Gasteiger charge is -2.27. The van der Waals surface area contributed by atoms with Gasteiger partial charge in [0.1, 0.15) is 6.10 Å². The van der Waals surface area contributed by atoms with E-state index in [1.165, 1.54) is 6.92 Å². The van der Waals surface area contributed by atoms with Crippen molar-refractivity contribution in [2.75, 3.05) is 13.2 Å². The van der Waals surface area contributed by atoms with Crippen molar-refractivity contribution in [2.24, 2.45) is 0 Å². The van der Waals surface area contributed by atoms with Crippen LogP contribution in [0.5, 0.6) is 0 Å². The maximum Gasteiger partial charge on any atom is 0.338 e. The molecule has 2 aromatic carbocycles. The molecule has 0 aliphatic carbocycles. The normalized spacial score (nSPS) is 12.8. The number of amides is 1. The Bertz CT molecular complexity index is 705. The molecule has 0 fully saturated rings. The highest BCUT2D eigenvalue weighted by Crippen LogP contribution is 2.12. The van der Waals surface area contributed by atoms with Gasteiger partial charge in [0.05, 0.1) is 24.8 Å². The minimum atomic E-state index is -0.706. The average Bonchev–Trinajstić information content (AvgIpc) is 2.68. The fourth-order valence-electron chi connectivity index (χ4n) is 2.63. The molecule has 2 rings (SSSR count). The lowest BCUT2D eigenvalue weighted by atomic mass is 10.1. The van der Waals surface area contributed by atoms with Crippen molar-refractivity contribution in [1.82, 2.24) is 5.32 Å². The third kappa shape index (κ3) is 7.21. The summed E-state index contributed by atoms with van der Waals surface area (Å²) in [5.41, 5.74) is 1.41. The fraction of sp³-hybridized carbons (Fsp3) is 0.333. The quantitative estimate of drug-likeness (QED) is 0.626. The number of aliphatic hydroxyl groups is 1. The van der Waals surface area contributed by atoms with Gasteiger partial charge in [-0.05, 0) is 17.7 Å². The SMILES string of the molecule is CC(=O)N[C@H](COCc1ccccc1)[C@H](CCO)OC(=O)c1ccccc1. The number of ether oxygens (including phenoxy) is 2. The van der Waals surface area contributed by atoms with Crippen LogP contribution in [0, 0.1) is 0 Å². The highest BCUT2D eigenvalue weighted by Gasteiger charge is 2.26. The second-order valence-electron chi connectivity index (χ2n) is 6.13. The van der Waals surface area contributed by atoms with E-state index in [-0.39, 0.29) is 25.5 Å². The molecule has 0 aliphatic rings. The van der Waals surface area contributed by atoms with Crippen LogP contribution < -0.4 is 5.32 Å². The summed E-state index contributed by atoms with van der Waals surface area (Å²) in [5.74, 6) is -0.769. The van der Waals surface area contributed by atoms with E-state index < -0.39 is 18.1 Å². The molecule has 2 aromatic rings. The number of hydrogen-bond acceptors (Lipinski definition) is 5. The number of benzene rings is 2. The summed E-state index contributed by atoms with van der Waals surface area (Å²) < 4.78 is 11.3. The van der Waals surface area contributed by atoms with Crippen LogP contribution in [0.3, 0.4) is 0 Å². The van der Waals surface area contributed by atoms with Crippen LogP contribution in [0.15, 0.2) is 60.7 Å². The van der Waals surface area contributed by atoms with Gasteiger partial charge in [0.2, 0.25) is 5.91 Å². The molecule has 27 heavy (non-hydrogen) atoms. The second-order valence-corrected chi connectivity index (χ2v) is 6.13. The second kappa shape index (κ2) is 11.1. The maximum atomic E-state index is 12.4. The highest BCUT2D eigenvalue weighted by atomic mass is 16.5. The summed E-state index contributed by atoms with van der Waals surface area (Å²) in [4.78, 5) is 23.9. The lowest BCUT2D eigenvalue weighted by molar-refractivity contribution is -0.121. The molecule has 0 heterocycles. The van der Waals surface area contributed by atoms with Crippen LogP contribution in [0.25, 0.3) is 0 Å². The van der Waals surface area contributed by atoms with Gasteiger partial charge in [0.25, 0.3) is 0 Å². The van der Waals surface area contributed by atoms with E-state index in [4.69, 9.17) is 9.47 Å². The molecule has 2 atom stereocenters. The first-order valence-electron chi connectivity index (χ1n) is 8.86. The van der Waals surface area contributed by atoms with Crippen LogP contribution in [0.4, 0.5) is 0 Å². The zero-order chi connectivity index (χ0) is 19.5. The topological polar surface area (TPSA) is 84.9 Å². The summed E-state index contributed by atoms with van der Waals surface area (Å²) in [6.45, 7) is 1.73. The van der Waals surface area contributed by atoms with Crippen LogP contribution in [-0.4, -0.2) is 42.3 Å². The molecule has 0 bridgehead atoms. The molecule has 0 radical (unpaired) electrons. The Labute approximate surface area is 159 Å². The van der Waals surface area contributed by atoms with E-state index in [9.17, 15) is 14.7 Å². The first-order valence-corrected chi connectivity index (χ1v) is 8.86. The molecule has 144 valence electrons. The van der Waals surface area contributed by atoms with E-state index in [1.54, 1.807) is 30.3 Å². The Morgan fingerprint density at radius 2 is 1.67 bits per heavy atom. The van der Waals surface area contributed by atoms with Gasteiger partial charge < -0.3 is 19.9 Å². The third-order valence-corrected chi connectivity index (χ3v) is 3.93. The van der Waals surface area contributed by atoms with Gasteiger partial charge in [-0.2, -0.15) is 0 Å². The highest BCUT2D eigenvalue weighted by molar-refractivity contribution is 5.89. The first-order chi connectivity index (χ1) is 13.1. The Morgan fingerprint density at radius 3 is 2.26 bits per heavy atom. The average molecular weight is 371 g/mol. The summed E-state index contributed by atoms with van der Waals surface area (Å²) in [5, 5.41) is 12.1. The number of aliphatic hydroxyl groups excluding tert-OH is 1. The standard InChI is InChI=1S/C21H25NO5/c1-16(24)22-19(15-26-14-17-8-4-2-5-9-17)20(12-13-23)27-21(25)18-10-6-3-7-11-18/h2-11,19-20,23H,12-15H2,1H3,(H,22,24)/t19-,20+/m1/s1. The van der Waals surface area contributed by atoms with E-state index in [0.717, 1.165) is 5.56 Å². The van der Waals surface area contributed by atoms with Crippen molar-refractivity contribution < 1.29 is 24.2 Å². The van der Waals surface area contributed by atoms with Gasteiger partial charge in [-0.1, -0.05) is 48.5 Å². The van der Waals surface area contributed by atoms with Crippen molar-refractivity contribution in [3.63, 3.8) is 0 Å². The number of carbonyl (C=O) groups excluding carboxylic acids is 2. The maximum absolute atomic E-state index is 12.4. The number of nitrogens with one attached hydrogen (secondary N) is 1. The molecule has 0 spiro atoms. The molecule has 0 saturated carbocycles. The number of carbonyl (C=O) groups is 2. The molecule has 2 N–H and O–H groups in total. The molecule has 6 heteroatoms. The first kappa shape index (κ1) is 20.6. The molecular weight excluding hydrogens is 346 g/mol. The van der Waals surface area contributed by atoms with E-state index in [1.807, 2.05) is 30.3 Å². The molecule has 0 unspecified atom stereocenters. The predicted octanol–water partition coefficient (Wildman–Crippen LogP) is 2.32. The van der Waals surface area contributed by atoms with E-state index >= 15 is 0 Å². The Balaban J connectivity index is 2.02. The van der Waals surface area contributed by atoms with Crippen molar-refractivity contribution in [3.8, 4) is 0 Å². The molecule has 6 nitrogen and oxygen atoms in total. The third-order valence-electron chi connectivity index (χ3n) is 3.93. The summed E-state index contributed by atoms with van der Waals surface area (Å²) in [6, 6.07) is 17.7. The number of rotatable bonds is 10. The largest absolute Gasteiger partial charge is 0.456 e. The molecule has 1 amide bonds. The zero-order valence-corrected chi connectivity index (χ0v) is 15.3. The van der Waals surface area contributed by atoms with Crippen LogP contribution in [0.2, 0.25) is 0 Å². The monoisotopic (exact) mass is 371 g/mol. The van der Waals surface area contributed by atoms with Gasteiger partial charge in [0, 0.05) is 20.0 Å². The molecule has 0 aromatic heterocycles. The van der Waals surface area contributed by atoms with Gasteiger partial charge in [-0.15, -0.1) is 0 Å². The molecular formula is C21H25NO5. The Kier molecular flexibility index (Phi) is 8.48. The zero-order valence-electron chi connectivity index (χ0n) is 15.3. The summed E-state index contributed by atoms with van der Waals surface area (Å²) in [7, 11) is 0. The van der Waals surface area contributed by atoms with E-state index in [0.29, 0.717) is 12.2 Å². The van der Waals surface area contributed by atoms with Crippen molar-refractivity contribution in [2.45, 2.75) is 32.1 Å². The van der Waals surface area contributed by atoms with Crippen LogP contribution in [0.1, 0.15) is 29.3 Å². The van der Waals surface area contributed by atoms with Crippen molar-refractivity contribution in [3.05, 3.63) is 71.8 Å². The Morgan fingerprint density at radius 1 is 1.04 bits per heavy atom. The smallest absolute Gasteiger partial charge is 0.338 e. The molecule has 0 saturated heterocycles. The minimum Gasteiger partial charge on any atom is -0.456 e. The van der Waals surface area contributed by atoms with Gasteiger partial charge in [-0.25, -0.2) is 4.79 Å². The molecule has 0 aliphatic heterocycles. The summed E-state index contributed by atoms with van der Waals surface area (Å²) >= 11 is 0. The van der Waals surface area contributed by atoms with Gasteiger partial charge in [0.15, 0.2) is 0 Å². The number of esters is 1. The summed E-state index contributed by atoms with van der Waals surface area (Å²) in [6.07, 6.45) is -0.513. The van der Waals surface area contributed by atoms with Crippen molar-refractivity contribution in [1.29, 1.82) is 0 Å². The Hall–Kier alpha value is -2.70. The fourth-order valence-corrected chi connectivity index (χ4v) is 2.63. The van der Waals surface area contributed by atoms with E-state index in [2.05, 4.69) is 5.32 Å². The van der Waals surface area contributed by atoms with Crippen molar-refractivity contribution >= 4 is 11.9 Å². The lowest BCUT2D eigenvalue weighted by Crippen LogP contribution is -2.48. The van der Waals surface area contributed by atoms with Gasteiger partial charge >= 0.3 is 5.97 Å². The number of hydrogen-bond donors (Lipinski definition) is 2. The van der Waals surface area contributed by atoms with Crippen LogP contribution in [-0.2, 0) is 20.9 Å². The van der Waals surface area contributed by atoms with Gasteiger partial charge in [-0.3, -0.25) is 4.79 Å². The predicted molar refractivity (Wildman–Crippen MR) is 101 cm³/mol. The van der Waals surface area contributed by atoms with Crippen LogP contribution >= 0.6 is 0 Å².